The summed E-state index contributed by atoms with van der Waals surface area (Å²) in [5.41, 5.74) is 1.46. The molecule has 84 valence electrons. The highest BCUT2D eigenvalue weighted by Gasteiger charge is 2.13. The molecule has 16 heavy (non-hydrogen) atoms. The molecule has 2 N–H and O–H groups in total. The third-order valence-corrected chi connectivity index (χ3v) is 3.01. The van der Waals surface area contributed by atoms with Gasteiger partial charge < -0.3 is 5.32 Å². The summed E-state index contributed by atoms with van der Waals surface area (Å²) in [5, 5.41) is 10.2. The second-order valence-electron chi connectivity index (χ2n) is 3.43. The van der Waals surface area contributed by atoms with Crippen LogP contribution in [0.4, 0.5) is 0 Å². The van der Waals surface area contributed by atoms with Crippen molar-refractivity contribution >= 4 is 17.2 Å². The summed E-state index contributed by atoms with van der Waals surface area (Å²) in [6.07, 6.45) is 3.43. The molecule has 0 aliphatic rings. The van der Waals surface area contributed by atoms with Gasteiger partial charge in [0.25, 0.3) is 5.91 Å². The lowest BCUT2D eigenvalue weighted by Gasteiger charge is -2.01. The first-order valence-electron chi connectivity index (χ1n) is 4.86. The van der Waals surface area contributed by atoms with E-state index in [1.165, 1.54) is 11.3 Å². The molecule has 1 amide bonds. The van der Waals surface area contributed by atoms with E-state index in [9.17, 15) is 4.79 Å². The Hall–Kier alpha value is -1.69. The number of amides is 1. The van der Waals surface area contributed by atoms with Gasteiger partial charge in [0, 0.05) is 23.2 Å². The first kappa shape index (κ1) is 10.8. The third-order valence-electron chi connectivity index (χ3n) is 2.13. The molecule has 2 heterocycles. The largest absolute Gasteiger partial charge is 0.346 e. The van der Waals surface area contributed by atoms with Gasteiger partial charge >= 0.3 is 0 Å². The summed E-state index contributed by atoms with van der Waals surface area (Å²) in [6, 6.07) is 0. The van der Waals surface area contributed by atoms with Crippen LogP contribution in [0.1, 0.15) is 25.9 Å². The number of thiazole rings is 1. The fraction of sp³-hybridized carbons (Fsp3) is 0.300. The van der Waals surface area contributed by atoms with Gasteiger partial charge in [0.15, 0.2) is 0 Å². The number of carbonyl (C=O) groups excluding carboxylic acids is 1. The molecule has 0 unspecified atom stereocenters. The number of nitrogens with zero attached hydrogens (tertiary/aromatic N) is 2. The van der Waals surface area contributed by atoms with Crippen molar-refractivity contribution in [2.75, 3.05) is 0 Å². The molecule has 0 bridgehead atoms. The molecule has 0 radical (unpaired) electrons. The van der Waals surface area contributed by atoms with Crippen LogP contribution in [0.3, 0.4) is 0 Å². The topological polar surface area (TPSA) is 70.7 Å². The minimum Gasteiger partial charge on any atom is -0.346 e. The van der Waals surface area contributed by atoms with E-state index in [2.05, 4.69) is 20.5 Å². The van der Waals surface area contributed by atoms with Gasteiger partial charge in [-0.25, -0.2) is 4.98 Å². The van der Waals surface area contributed by atoms with Crippen LogP contribution < -0.4 is 5.32 Å². The number of rotatable bonds is 3. The van der Waals surface area contributed by atoms with Crippen LogP contribution in [0, 0.1) is 13.8 Å². The molecular weight excluding hydrogens is 224 g/mol. The zero-order chi connectivity index (χ0) is 11.5. The van der Waals surface area contributed by atoms with E-state index in [0.717, 1.165) is 15.4 Å². The van der Waals surface area contributed by atoms with Crippen molar-refractivity contribution in [1.82, 2.24) is 20.5 Å². The van der Waals surface area contributed by atoms with Gasteiger partial charge in [-0.3, -0.25) is 9.89 Å². The van der Waals surface area contributed by atoms with Crippen LogP contribution in [-0.2, 0) is 6.54 Å². The van der Waals surface area contributed by atoms with Crippen LogP contribution >= 0.6 is 11.3 Å². The Balaban J connectivity index is 2.01. The van der Waals surface area contributed by atoms with Crippen LogP contribution in [-0.4, -0.2) is 21.1 Å². The maximum atomic E-state index is 11.8. The lowest BCUT2D eigenvalue weighted by atomic mass is 10.3. The van der Waals surface area contributed by atoms with E-state index in [-0.39, 0.29) is 5.91 Å². The highest BCUT2D eigenvalue weighted by molar-refractivity contribution is 7.11. The number of aromatic amines is 1. The predicted molar refractivity (Wildman–Crippen MR) is 61.3 cm³/mol. The average molecular weight is 236 g/mol. The van der Waals surface area contributed by atoms with Gasteiger partial charge in [0.05, 0.1) is 11.2 Å². The number of aromatic nitrogens is 3. The Morgan fingerprint density at radius 3 is 2.94 bits per heavy atom. The summed E-state index contributed by atoms with van der Waals surface area (Å²) in [4.78, 5) is 16.9. The molecule has 0 fully saturated rings. The Morgan fingerprint density at radius 1 is 1.56 bits per heavy atom. The quantitative estimate of drug-likeness (QED) is 0.846. The van der Waals surface area contributed by atoms with Crippen LogP contribution in [0.2, 0.25) is 0 Å². The van der Waals surface area contributed by atoms with E-state index in [0.29, 0.717) is 12.2 Å². The molecule has 0 saturated heterocycles. The first-order chi connectivity index (χ1) is 7.66. The standard InChI is InChI=1S/C10H12N4OS/c1-6-9(14-7(2)16-6)10(15)11-3-8-4-12-13-5-8/h4-5H,3H2,1-2H3,(H,11,15)(H,12,13). The molecule has 0 aliphatic carbocycles. The lowest BCUT2D eigenvalue weighted by molar-refractivity contribution is 0.0946. The fourth-order valence-corrected chi connectivity index (χ4v) is 2.19. The average Bonchev–Trinajstić information content (AvgIpc) is 2.84. The second kappa shape index (κ2) is 4.44. The van der Waals surface area contributed by atoms with Crippen LogP contribution in [0.25, 0.3) is 0 Å². The van der Waals surface area contributed by atoms with Crippen LogP contribution in [0.5, 0.6) is 0 Å². The lowest BCUT2D eigenvalue weighted by Crippen LogP contribution is -2.23. The summed E-state index contributed by atoms with van der Waals surface area (Å²) < 4.78 is 0. The zero-order valence-electron chi connectivity index (χ0n) is 9.07. The van der Waals surface area contributed by atoms with Crippen molar-refractivity contribution in [3.8, 4) is 0 Å². The van der Waals surface area contributed by atoms with Gasteiger partial charge in [0.1, 0.15) is 5.69 Å². The minimum absolute atomic E-state index is 0.136. The monoisotopic (exact) mass is 236 g/mol. The van der Waals surface area contributed by atoms with Crippen molar-refractivity contribution in [3.63, 3.8) is 0 Å². The first-order valence-corrected chi connectivity index (χ1v) is 5.68. The van der Waals surface area contributed by atoms with Gasteiger partial charge in [-0.15, -0.1) is 11.3 Å². The number of hydrogen-bond acceptors (Lipinski definition) is 4. The summed E-state index contributed by atoms with van der Waals surface area (Å²) >= 11 is 1.53. The Labute approximate surface area is 96.9 Å². The third kappa shape index (κ3) is 2.27. The molecule has 0 saturated carbocycles. The summed E-state index contributed by atoms with van der Waals surface area (Å²) in [5.74, 6) is -0.136. The zero-order valence-corrected chi connectivity index (χ0v) is 9.89. The Bertz CT molecular complexity index is 489. The van der Waals surface area contributed by atoms with Crippen molar-refractivity contribution < 1.29 is 4.79 Å². The van der Waals surface area contributed by atoms with Gasteiger partial charge in [-0.1, -0.05) is 0 Å². The van der Waals surface area contributed by atoms with Crippen LogP contribution in [0.15, 0.2) is 12.4 Å². The highest BCUT2D eigenvalue weighted by Crippen LogP contribution is 2.16. The predicted octanol–water partition coefficient (Wildman–Crippen LogP) is 1.41. The van der Waals surface area contributed by atoms with Gasteiger partial charge in [0.2, 0.25) is 0 Å². The SMILES string of the molecule is Cc1nc(C(=O)NCc2cn[nH]c2)c(C)s1. The molecule has 6 heteroatoms. The molecule has 0 aliphatic heterocycles. The Morgan fingerprint density at radius 2 is 2.38 bits per heavy atom. The van der Waals surface area contributed by atoms with Crippen molar-refractivity contribution in [3.05, 3.63) is 33.5 Å². The molecule has 0 spiro atoms. The summed E-state index contributed by atoms with van der Waals surface area (Å²) in [7, 11) is 0. The number of H-pyrrole nitrogens is 1. The fourth-order valence-electron chi connectivity index (χ4n) is 1.38. The van der Waals surface area contributed by atoms with Gasteiger partial charge in [-0.05, 0) is 13.8 Å². The highest BCUT2D eigenvalue weighted by atomic mass is 32.1. The normalized spacial score (nSPS) is 10.4. The van der Waals surface area contributed by atoms with Crippen molar-refractivity contribution in [1.29, 1.82) is 0 Å². The molecular formula is C10H12N4OS. The Kier molecular flexibility index (Phi) is 3.00. The molecule has 5 nitrogen and oxygen atoms in total. The second-order valence-corrected chi connectivity index (χ2v) is 4.83. The molecule has 2 rings (SSSR count). The number of hydrogen-bond donors (Lipinski definition) is 2. The van der Waals surface area contributed by atoms with E-state index in [1.54, 1.807) is 12.4 Å². The van der Waals surface area contributed by atoms with E-state index in [4.69, 9.17) is 0 Å². The minimum atomic E-state index is -0.136. The van der Waals surface area contributed by atoms with Crippen molar-refractivity contribution in [2.45, 2.75) is 20.4 Å². The number of carbonyl (C=O) groups is 1. The molecule has 2 aromatic heterocycles. The van der Waals surface area contributed by atoms with Crippen molar-refractivity contribution in [2.24, 2.45) is 0 Å². The molecule has 2 aromatic rings. The number of aryl methyl sites for hydroxylation is 2. The van der Waals surface area contributed by atoms with E-state index in [1.807, 2.05) is 13.8 Å². The number of nitrogens with one attached hydrogen (secondary N) is 2. The maximum absolute atomic E-state index is 11.8. The summed E-state index contributed by atoms with van der Waals surface area (Å²) in [6.45, 7) is 4.26. The molecule has 0 aromatic carbocycles. The van der Waals surface area contributed by atoms with E-state index >= 15 is 0 Å². The smallest absolute Gasteiger partial charge is 0.271 e. The maximum Gasteiger partial charge on any atom is 0.271 e. The van der Waals surface area contributed by atoms with Gasteiger partial charge in [-0.2, -0.15) is 5.10 Å². The van der Waals surface area contributed by atoms with E-state index < -0.39 is 0 Å². The molecule has 0 atom stereocenters.